The number of carbonyl (C=O) groups excluding carboxylic acids is 1. The zero-order valence-electron chi connectivity index (χ0n) is 26.2. The van der Waals surface area contributed by atoms with E-state index in [9.17, 15) is 9.59 Å². The lowest BCUT2D eigenvalue weighted by Crippen LogP contribution is -2.49. The average molecular weight is 641 g/mol. The Kier molecular flexibility index (Phi) is 7.60. The average Bonchev–Trinajstić information content (AvgIpc) is 3.66. The van der Waals surface area contributed by atoms with Gasteiger partial charge >= 0.3 is 0 Å². The van der Waals surface area contributed by atoms with Crippen LogP contribution < -0.4 is 20.4 Å². The minimum Gasteiger partial charge on any atom is -0.451 e. The minimum absolute atomic E-state index is 0.0000153. The van der Waals surface area contributed by atoms with E-state index >= 15 is 4.39 Å². The van der Waals surface area contributed by atoms with Crippen LogP contribution in [0.5, 0.6) is 11.5 Å². The van der Waals surface area contributed by atoms with E-state index in [1.165, 1.54) is 6.07 Å². The number of nitrogens with one attached hydrogen (secondary N) is 1. The Morgan fingerprint density at radius 1 is 0.917 bits per heavy atom. The van der Waals surface area contributed by atoms with Crippen LogP contribution in [0.4, 0.5) is 15.8 Å². The first-order valence-electron chi connectivity index (χ1n) is 16.1. The summed E-state index contributed by atoms with van der Waals surface area (Å²) in [5.41, 5.74) is 3.79. The van der Waals surface area contributed by atoms with Crippen molar-refractivity contribution in [3.8, 4) is 28.3 Å². The van der Waals surface area contributed by atoms with Gasteiger partial charge in [0.1, 0.15) is 16.8 Å². The third kappa shape index (κ3) is 5.34. The lowest BCUT2D eigenvalue weighted by Gasteiger charge is -2.36. The number of ether oxygens (including phenoxy) is 1. The van der Waals surface area contributed by atoms with Crippen molar-refractivity contribution in [1.29, 1.82) is 0 Å². The standard InChI is InChI=1S/C38H33FN6O3/c39-31-23-29-35-37(34(31)41-14-7-16-42-17-15-40-25-42)48-33-13-12-27(26-8-3-1-4-9-26)22-32(33)45(35)24-30(36(29)46)38(47)44-20-18-43(19-21-44)28-10-5-2-6-11-28/h1-6,8-13,15,17,22-25,41H,7,14,16,18-21H2. The van der Waals surface area contributed by atoms with E-state index < -0.39 is 11.2 Å². The maximum Gasteiger partial charge on any atom is 0.259 e. The third-order valence-electron chi connectivity index (χ3n) is 9.11. The van der Waals surface area contributed by atoms with Crippen molar-refractivity contribution in [2.24, 2.45) is 0 Å². The van der Waals surface area contributed by atoms with Crippen LogP contribution in [0.3, 0.4) is 0 Å². The molecule has 4 aromatic carbocycles. The van der Waals surface area contributed by atoms with Gasteiger partial charge in [0.15, 0.2) is 17.3 Å². The summed E-state index contributed by atoms with van der Waals surface area (Å²) in [6, 6.07) is 27.0. The summed E-state index contributed by atoms with van der Waals surface area (Å²) in [5.74, 6) is -0.266. The van der Waals surface area contributed by atoms with Gasteiger partial charge in [0.05, 0.1) is 17.4 Å². The largest absolute Gasteiger partial charge is 0.451 e. The fourth-order valence-corrected chi connectivity index (χ4v) is 6.62. The van der Waals surface area contributed by atoms with E-state index in [4.69, 9.17) is 4.74 Å². The molecule has 2 aliphatic rings. The fourth-order valence-electron chi connectivity index (χ4n) is 6.62. The maximum atomic E-state index is 15.9. The van der Waals surface area contributed by atoms with E-state index in [1.54, 1.807) is 23.6 Å². The molecule has 1 saturated heterocycles. The minimum atomic E-state index is -0.616. The summed E-state index contributed by atoms with van der Waals surface area (Å²) in [6.45, 7) is 3.38. The van der Waals surface area contributed by atoms with Crippen LogP contribution in [-0.2, 0) is 6.54 Å². The van der Waals surface area contributed by atoms with Crippen LogP contribution in [0.15, 0.2) is 115 Å². The number of hydrogen-bond donors (Lipinski definition) is 1. The molecule has 0 saturated carbocycles. The van der Waals surface area contributed by atoms with Gasteiger partial charge in [0, 0.05) is 63.5 Å². The topological polar surface area (TPSA) is 84.6 Å². The molecule has 9 nitrogen and oxygen atoms in total. The summed E-state index contributed by atoms with van der Waals surface area (Å²) in [7, 11) is 0. The molecule has 4 heterocycles. The first-order chi connectivity index (χ1) is 23.5. The molecular weight excluding hydrogens is 607 g/mol. The highest BCUT2D eigenvalue weighted by Crippen LogP contribution is 2.46. The number of pyridine rings is 1. The molecule has 0 bridgehead atoms. The van der Waals surface area contributed by atoms with Gasteiger partial charge in [-0.1, -0.05) is 54.6 Å². The highest BCUT2D eigenvalue weighted by Gasteiger charge is 2.31. The first-order valence-corrected chi connectivity index (χ1v) is 16.1. The summed E-state index contributed by atoms with van der Waals surface area (Å²) in [5, 5.41) is 3.31. The molecule has 1 fully saturated rings. The quantitative estimate of drug-likeness (QED) is 0.190. The van der Waals surface area contributed by atoms with Crippen molar-refractivity contribution in [2.75, 3.05) is 42.9 Å². The zero-order chi connectivity index (χ0) is 32.6. The number of imidazole rings is 1. The van der Waals surface area contributed by atoms with Gasteiger partial charge in [-0.3, -0.25) is 9.59 Å². The molecule has 1 N–H and O–H groups in total. The number of aryl methyl sites for hydroxylation is 1. The fraction of sp³-hybridized carbons (Fsp3) is 0.184. The Morgan fingerprint density at radius 3 is 2.44 bits per heavy atom. The van der Waals surface area contributed by atoms with Crippen LogP contribution in [-0.4, -0.2) is 57.6 Å². The second-order valence-electron chi connectivity index (χ2n) is 12.0. The SMILES string of the molecule is O=C(c1cn2c3c(c(NCCCn4ccnc4)c(F)cc3c1=O)Oc1ccc(-c3ccccc3)cc1-2)N1CCN(c2ccccc2)CC1. The summed E-state index contributed by atoms with van der Waals surface area (Å²) in [4.78, 5) is 36.1. The Bertz CT molecular complexity index is 2180. The van der Waals surface area contributed by atoms with Crippen LogP contribution >= 0.6 is 0 Å². The van der Waals surface area contributed by atoms with E-state index in [0.717, 1.165) is 16.8 Å². The third-order valence-corrected chi connectivity index (χ3v) is 9.11. The molecule has 0 radical (unpaired) electrons. The van der Waals surface area contributed by atoms with Crippen molar-refractivity contribution in [3.63, 3.8) is 0 Å². The Hall–Kier alpha value is -5.90. The van der Waals surface area contributed by atoms with Crippen molar-refractivity contribution in [3.05, 3.63) is 131 Å². The molecule has 0 aliphatic carbocycles. The van der Waals surface area contributed by atoms with Gasteiger partial charge in [0.25, 0.3) is 5.91 Å². The number of halogens is 1. The number of fused-ring (bicyclic) bond motifs is 2. The molecule has 0 atom stereocenters. The van der Waals surface area contributed by atoms with E-state index in [1.807, 2.05) is 82.1 Å². The normalized spacial score (nSPS) is 13.7. The second-order valence-corrected chi connectivity index (χ2v) is 12.0. The predicted molar refractivity (Wildman–Crippen MR) is 185 cm³/mol. The number of rotatable bonds is 8. The number of benzene rings is 4. The molecule has 6 aromatic rings. The molecule has 0 unspecified atom stereocenters. The van der Waals surface area contributed by atoms with Gasteiger partial charge in [0.2, 0.25) is 5.43 Å². The first kappa shape index (κ1) is 29.5. The number of carbonyl (C=O) groups is 1. The molecule has 10 heteroatoms. The molecular formula is C38H33FN6O3. The zero-order valence-corrected chi connectivity index (χ0v) is 26.2. The molecule has 0 spiro atoms. The number of amides is 1. The van der Waals surface area contributed by atoms with Gasteiger partial charge in [-0.2, -0.15) is 0 Å². The van der Waals surface area contributed by atoms with Crippen LogP contribution in [0.25, 0.3) is 27.7 Å². The molecule has 8 rings (SSSR count). The van der Waals surface area contributed by atoms with Gasteiger partial charge in [-0.05, 0) is 47.9 Å². The number of nitrogens with zero attached hydrogens (tertiary/aromatic N) is 5. The van der Waals surface area contributed by atoms with Crippen molar-refractivity contribution < 1.29 is 13.9 Å². The van der Waals surface area contributed by atoms with E-state index in [2.05, 4.69) is 27.3 Å². The van der Waals surface area contributed by atoms with E-state index in [0.29, 0.717) is 62.6 Å². The van der Waals surface area contributed by atoms with Gasteiger partial charge in [-0.25, -0.2) is 9.37 Å². The van der Waals surface area contributed by atoms with Crippen LogP contribution in [0.2, 0.25) is 0 Å². The highest BCUT2D eigenvalue weighted by atomic mass is 19.1. The molecule has 48 heavy (non-hydrogen) atoms. The monoisotopic (exact) mass is 640 g/mol. The smallest absolute Gasteiger partial charge is 0.259 e. The molecule has 2 aliphatic heterocycles. The lowest BCUT2D eigenvalue weighted by molar-refractivity contribution is 0.0745. The van der Waals surface area contributed by atoms with Crippen LogP contribution in [0.1, 0.15) is 16.8 Å². The maximum absolute atomic E-state index is 15.9. The highest BCUT2D eigenvalue weighted by molar-refractivity contribution is 6.01. The van der Waals surface area contributed by atoms with E-state index in [-0.39, 0.29) is 28.3 Å². The number of anilines is 2. The second kappa shape index (κ2) is 12.4. The van der Waals surface area contributed by atoms with Crippen molar-refractivity contribution in [1.82, 2.24) is 19.0 Å². The molecule has 240 valence electrons. The van der Waals surface area contributed by atoms with Crippen molar-refractivity contribution >= 4 is 28.2 Å². The Balaban J connectivity index is 1.19. The van der Waals surface area contributed by atoms with Crippen molar-refractivity contribution in [2.45, 2.75) is 13.0 Å². The predicted octanol–water partition coefficient (Wildman–Crippen LogP) is 6.56. The Morgan fingerprint density at radius 2 is 1.69 bits per heavy atom. The van der Waals surface area contributed by atoms with Gasteiger partial charge < -0.3 is 29.0 Å². The molecule has 2 aromatic heterocycles. The number of para-hydroxylation sites is 1. The van der Waals surface area contributed by atoms with Crippen LogP contribution in [0, 0.1) is 5.82 Å². The number of aromatic nitrogens is 3. The van der Waals surface area contributed by atoms with Gasteiger partial charge in [-0.15, -0.1) is 0 Å². The lowest BCUT2D eigenvalue weighted by atomic mass is 10.0. The molecule has 1 amide bonds. The summed E-state index contributed by atoms with van der Waals surface area (Å²) in [6.07, 6.45) is 7.66. The summed E-state index contributed by atoms with van der Waals surface area (Å²) >= 11 is 0. The number of hydrogen-bond acceptors (Lipinski definition) is 6. The number of piperazine rings is 1. The summed E-state index contributed by atoms with van der Waals surface area (Å²) < 4.78 is 26.1. The Labute approximate surface area is 276 Å².